The van der Waals surface area contributed by atoms with Gasteiger partial charge in [0.2, 0.25) is 0 Å². The first-order valence-corrected chi connectivity index (χ1v) is 4.07. The minimum atomic E-state index is -2.36. The Bertz CT molecular complexity index is 91.1. The van der Waals surface area contributed by atoms with Crippen LogP contribution in [0.15, 0.2) is 0 Å². The molecule has 0 amide bonds. The molecule has 0 atom stereocenters. The van der Waals surface area contributed by atoms with E-state index in [1.165, 1.54) is 19.3 Å². The molecule has 0 bridgehead atoms. The molecule has 0 aliphatic heterocycles. The van der Waals surface area contributed by atoms with Crippen molar-refractivity contribution >= 4 is 10.9 Å². The lowest BCUT2D eigenvalue weighted by Crippen LogP contribution is -1.59. The van der Waals surface area contributed by atoms with Gasteiger partial charge in [-0.25, -0.2) is 0 Å². The molecule has 0 fully saturated rings. The second kappa shape index (κ2) is 10.8. The van der Waals surface area contributed by atoms with E-state index in [1.807, 2.05) is 0 Å². The van der Waals surface area contributed by atoms with Gasteiger partial charge in [-0.2, -0.15) is 0 Å². The molecule has 0 radical (unpaired) electrons. The molecule has 0 aromatic heterocycles. The van der Waals surface area contributed by atoms with E-state index in [4.69, 9.17) is 13.5 Å². The summed E-state index contributed by atoms with van der Waals surface area (Å²) in [5, 5.41) is 0. The van der Waals surface area contributed by atoms with Crippen LogP contribution in [0.1, 0.15) is 33.1 Å². The molecule has 3 nitrogen and oxygen atoms in total. The maximum atomic E-state index is 8.78. The normalized spacial score (nSPS) is 8.44. The Kier molecular flexibility index (Phi) is 14.0. The van der Waals surface area contributed by atoms with E-state index in [9.17, 15) is 0 Å². The maximum Gasteiger partial charge on any atom is -0.0538 e. The molecule has 0 saturated heterocycles. The number of unbranched alkanes of at least 4 members (excludes halogenated alkanes) is 2. The van der Waals surface area contributed by atoms with Crippen molar-refractivity contribution in [1.29, 1.82) is 4.78 Å². The van der Waals surface area contributed by atoms with Crippen molar-refractivity contribution in [3.8, 4) is 0 Å². The lowest BCUT2D eigenvalue weighted by Gasteiger charge is -1.79. The van der Waals surface area contributed by atoms with Crippen LogP contribution in [-0.4, -0.2) is 4.55 Å². The molecule has 2 N–H and O–H groups in total. The van der Waals surface area contributed by atoms with Crippen LogP contribution in [0.4, 0.5) is 0 Å². The third-order valence-electron chi connectivity index (χ3n) is 0.707. The first-order valence-electron chi connectivity index (χ1n) is 2.97. The van der Waals surface area contributed by atoms with Gasteiger partial charge in [-0.3, -0.25) is 0 Å². The zero-order valence-corrected chi connectivity index (χ0v) is 6.70. The molecule has 0 aliphatic carbocycles. The predicted octanol–water partition coefficient (Wildman–Crippen LogP) is 2.38. The summed E-state index contributed by atoms with van der Waals surface area (Å²) in [5.74, 6) is 0. The van der Waals surface area contributed by atoms with Gasteiger partial charge in [-0.05, 0) is 0 Å². The lowest BCUT2D eigenvalue weighted by molar-refractivity contribution is 0.526. The molecule has 0 rings (SSSR count). The van der Waals surface area contributed by atoms with Crippen molar-refractivity contribution in [2.75, 3.05) is 0 Å². The molecule has 0 unspecified atom stereocenters. The van der Waals surface area contributed by atoms with Gasteiger partial charge in [0.05, 0.1) is 0 Å². The minimum absolute atomic E-state index is 1.34. The van der Waals surface area contributed by atoms with Crippen LogP contribution < -0.4 is 0 Å². The van der Waals surface area contributed by atoms with E-state index in [1.54, 1.807) is 0 Å². The Labute approximate surface area is 58.3 Å². The van der Waals surface area contributed by atoms with Gasteiger partial charge >= 0.3 is 0 Å². The summed E-state index contributed by atoms with van der Waals surface area (Å²) in [4.78, 5) is 0. The second-order valence-electron chi connectivity index (χ2n) is 1.60. The number of rotatable bonds is 2. The van der Waals surface area contributed by atoms with E-state index in [2.05, 4.69) is 13.8 Å². The number of nitrogens with one attached hydrogen (secondary N) is 1. The fourth-order valence-corrected chi connectivity index (χ4v) is 0.354. The Hall–Kier alpha value is -0.0900. The largest absolute Gasteiger partial charge is 0.454 e. The molecule has 9 heavy (non-hydrogen) atoms. The highest BCUT2D eigenvalue weighted by molar-refractivity contribution is 7.67. The van der Waals surface area contributed by atoms with Gasteiger partial charge in [0, 0.05) is 0 Å². The maximum absolute atomic E-state index is 8.78. The zero-order chi connectivity index (χ0) is 7.70. The Morgan fingerprint density at radius 3 is 1.67 bits per heavy atom. The molecule has 4 heteroatoms. The molecular formula is C5H14NO2S-. The first-order chi connectivity index (χ1) is 4.15. The molecule has 0 saturated carbocycles. The second-order valence-corrected chi connectivity index (χ2v) is 2.10. The topological polar surface area (TPSA) is 61.2 Å². The van der Waals surface area contributed by atoms with Crippen LogP contribution in [0.5, 0.6) is 0 Å². The van der Waals surface area contributed by atoms with E-state index >= 15 is 0 Å². The smallest absolute Gasteiger partial charge is 0.0538 e. The van der Waals surface area contributed by atoms with Gasteiger partial charge in [0.15, 0.2) is 0 Å². The highest BCUT2D eigenvalue weighted by Crippen LogP contribution is 1.88. The summed E-state index contributed by atoms with van der Waals surface area (Å²) >= 11 is 0. The predicted molar refractivity (Wildman–Crippen MR) is 38.6 cm³/mol. The minimum Gasteiger partial charge on any atom is -0.454 e. The number of hydrogen-bond donors (Lipinski definition) is 2. The van der Waals surface area contributed by atoms with E-state index in [-0.39, 0.29) is 0 Å². The van der Waals surface area contributed by atoms with Crippen molar-refractivity contribution in [2.45, 2.75) is 33.1 Å². The van der Waals surface area contributed by atoms with Crippen molar-refractivity contribution in [1.82, 2.24) is 0 Å². The van der Waals surface area contributed by atoms with Gasteiger partial charge in [0.1, 0.15) is 0 Å². The fourth-order valence-electron chi connectivity index (χ4n) is 0.354. The van der Waals surface area contributed by atoms with Crippen LogP contribution >= 0.6 is 0 Å². The van der Waals surface area contributed by atoms with Gasteiger partial charge in [-0.15, -0.1) is 0 Å². The van der Waals surface area contributed by atoms with Crippen LogP contribution in [0.3, 0.4) is 0 Å². The first kappa shape index (κ1) is 11.7. The highest BCUT2D eigenvalue weighted by atomic mass is 32.2. The Morgan fingerprint density at radius 1 is 1.44 bits per heavy atom. The summed E-state index contributed by atoms with van der Waals surface area (Å²) in [6.07, 6.45) is 4.08. The van der Waals surface area contributed by atoms with E-state index in [0.29, 0.717) is 0 Å². The lowest BCUT2D eigenvalue weighted by atomic mass is 10.3. The van der Waals surface area contributed by atoms with Crippen LogP contribution in [0.2, 0.25) is 0 Å². The summed E-state index contributed by atoms with van der Waals surface area (Å²) < 4.78 is 21.6. The quantitative estimate of drug-likeness (QED) is 0.471. The average molecular weight is 152 g/mol. The summed E-state index contributed by atoms with van der Waals surface area (Å²) in [6.45, 7) is 4.42. The van der Waals surface area contributed by atoms with Crippen molar-refractivity contribution < 1.29 is 8.76 Å². The summed E-state index contributed by atoms with van der Waals surface area (Å²) in [7, 11) is -2.36. The van der Waals surface area contributed by atoms with Crippen molar-refractivity contribution in [2.24, 2.45) is 0 Å². The molecule has 0 aromatic rings. The molecular weight excluding hydrogens is 138 g/mol. The summed E-state index contributed by atoms with van der Waals surface area (Å²) in [6, 6.07) is 0. The molecule has 0 aliphatic rings. The fraction of sp³-hybridized carbons (Fsp3) is 1.00. The zero-order valence-electron chi connectivity index (χ0n) is 5.89. The van der Waals surface area contributed by atoms with E-state index < -0.39 is 10.9 Å². The SMILES string of the molecule is CCCCC.N=[S-](=O)O. The standard InChI is InChI=1S/C5H12.H2NO2S/c1-3-5-4-2;1-4(2)3/h3-5H2,1-2H3;(H2,1,2,3)/q;-1. The molecule has 0 aromatic carbocycles. The Morgan fingerprint density at radius 2 is 1.67 bits per heavy atom. The summed E-state index contributed by atoms with van der Waals surface area (Å²) in [5.41, 5.74) is 0. The third kappa shape index (κ3) is 75.7. The van der Waals surface area contributed by atoms with Crippen LogP contribution in [0, 0.1) is 4.78 Å². The average Bonchev–Trinajstić information content (AvgIpc) is 1.66. The molecule has 0 spiro atoms. The van der Waals surface area contributed by atoms with Crippen molar-refractivity contribution in [3.05, 3.63) is 0 Å². The third-order valence-corrected chi connectivity index (χ3v) is 0.707. The monoisotopic (exact) mass is 152 g/mol. The van der Waals surface area contributed by atoms with Crippen LogP contribution in [-0.2, 0) is 15.1 Å². The van der Waals surface area contributed by atoms with Gasteiger partial charge in [0.25, 0.3) is 0 Å². The van der Waals surface area contributed by atoms with Gasteiger partial charge in [-0.1, -0.05) is 44.0 Å². The van der Waals surface area contributed by atoms with E-state index in [0.717, 1.165) is 0 Å². The molecule has 0 heterocycles. The molecule has 58 valence electrons. The number of hydrogen-bond acceptors (Lipinski definition) is 3. The van der Waals surface area contributed by atoms with Crippen LogP contribution in [0.25, 0.3) is 0 Å². The van der Waals surface area contributed by atoms with Crippen molar-refractivity contribution in [3.63, 3.8) is 0 Å². The van der Waals surface area contributed by atoms with Gasteiger partial charge < -0.3 is 13.5 Å². The Balaban J connectivity index is 0. The highest BCUT2D eigenvalue weighted by Gasteiger charge is 1.68.